The third-order valence-electron chi connectivity index (χ3n) is 1.13. The number of carbonyl (C=O) groups excluding carboxylic acids is 1. The van der Waals surface area contributed by atoms with Gasteiger partial charge in [-0.3, -0.25) is 0 Å². The van der Waals surface area contributed by atoms with Crippen LogP contribution in [0.1, 0.15) is 4.88 Å². The highest BCUT2D eigenvalue weighted by atomic mass is 32.1. The van der Waals surface area contributed by atoms with Crippen LogP contribution in [0.25, 0.3) is 0 Å². The molecule has 0 fully saturated rings. The molecule has 1 aromatic heterocycles. The second kappa shape index (κ2) is 4.61. The Balaban J connectivity index is 2.39. The summed E-state index contributed by atoms with van der Waals surface area (Å²) in [6.45, 7) is 0. The van der Waals surface area contributed by atoms with Gasteiger partial charge in [-0.25, -0.2) is 4.79 Å². The molecule has 3 heteroatoms. The van der Waals surface area contributed by atoms with E-state index in [1.807, 2.05) is 23.6 Å². The minimum absolute atomic E-state index is 0.836. The van der Waals surface area contributed by atoms with E-state index in [0.29, 0.717) is 0 Å². The molecule has 1 rings (SSSR count). The summed E-state index contributed by atoms with van der Waals surface area (Å²) in [6.07, 6.45) is 5.57. The van der Waals surface area contributed by atoms with Gasteiger partial charge in [0.15, 0.2) is 0 Å². The number of thiophene rings is 1. The van der Waals surface area contributed by atoms with Crippen LogP contribution in [0, 0.1) is 0 Å². The van der Waals surface area contributed by atoms with E-state index < -0.39 is 0 Å². The van der Waals surface area contributed by atoms with Crippen molar-refractivity contribution < 1.29 is 4.79 Å². The molecule has 2 nitrogen and oxygen atoms in total. The highest BCUT2D eigenvalue weighted by molar-refractivity contribution is 7.09. The Hall–Kier alpha value is -1.18. The topological polar surface area (TPSA) is 29.4 Å². The highest BCUT2D eigenvalue weighted by Gasteiger charge is 1.86. The van der Waals surface area contributed by atoms with Crippen molar-refractivity contribution in [2.24, 2.45) is 4.99 Å². The SMILES string of the molecule is O=C=N/C=C\Cc1cccs1. The number of rotatable bonds is 3. The van der Waals surface area contributed by atoms with E-state index in [9.17, 15) is 4.79 Å². The Kier molecular flexibility index (Phi) is 3.32. The molecule has 0 radical (unpaired) electrons. The van der Waals surface area contributed by atoms with Crippen LogP contribution in [-0.4, -0.2) is 6.08 Å². The highest BCUT2D eigenvalue weighted by Crippen LogP contribution is 2.08. The number of hydrogen-bond donors (Lipinski definition) is 0. The largest absolute Gasteiger partial charge is 0.239 e. The van der Waals surface area contributed by atoms with Crippen molar-refractivity contribution in [1.82, 2.24) is 0 Å². The minimum atomic E-state index is 0.836. The Morgan fingerprint density at radius 2 is 2.64 bits per heavy atom. The second-order valence-electron chi connectivity index (χ2n) is 1.89. The van der Waals surface area contributed by atoms with Crippen molar-refractivity contribution in [3.8, 4) is 0 Å². The minimum Gasteiger partial charge on any atom is -0.211 e. The summed E-state index contributed by atoms with van der Waals surface area (Å²) in [5.74, 6) is 0. The van der Waals surface area contributed by atoms with Gasteiger partial charge in [-0.1, -0.05) is 12.1 Å². The van der Waals surface area contributed by atoms with Crippen molar-refractivity contribution in [2.45, 2.75) is 6.42 Å². The fraction of sp³-hybridized carbons (Fsp3) is 0.125. The molecule has 1 heterocycles. The maximum Gasteiger partial charge on any atom is 0.239 e. The third kappa shape index (κ3) is 2.94. The molecule has 0 atom stereocenters. The molecule has 0 aliphatic carbocycles. The van der Waals surface area contributed by atoms with Crippen LogP contribution in [0.15, 0.2) is 34.8 Å². The van der Waals surface area contributed by atoms with Crippen LogP contribution in [0.4, 0.5) is 0 Å². The first-order valence-electron chi connectivity index (χ1n) is 3.18. The van der Waals surface area contributed by atoms with Gasteiger partial charge in [0, 0.05) is 17.5 Å². The summed E-state index contributed by atoms with van der Waals surface area (Å²) in [5, 5.41) is 2.02. The Bertz CT molecular complexity index is 270. The number of nitrogens with zero attached hydrogens (tertiary/aromatic N) is 1. The fourth-order valence-corrected chi connectivity index (χ4v) is 1.36. The van der Waals surface area contributed by atoms with E-state index >= 15 is 0 Å². The third-order valence-corrected chi connectivity index (χ3v) is 2.03. The van der Waals surface area contributed by atoms with Crippen LogP contribution >= 0.6 is 11.3 Å². The summed E-state index contributed by atoms with van der Waals surface area (Å²) in [5.41, 5.74) is 0. The van der Waals surface area contributed by atoms with Gasteiger partial charge >= 0.3 is 0 Å². The van der Waals surface area contributed by atoms with Gasteiger partial charge in [-0.15, -0.1) is 11.3 Å². The predicted molar refractivity (Wildman–Crippen MR) is 45.3 cm³/mol. The predicted octanol–water partition coefficient (Wildman–Crippen LogP) is 2.14. The molecule has 0 spiro atoms. The first kappa shape index (κ1) is 7.92. The summed E-state index contributed by atoms with van der Waals surface area (Å²) in [6, 6.07) is 4.04. The monoisotopic (exact) mass is 165 g/mol. The lowest BCUT2D eigenvalue weighted by molar-refractivity contribution is 0.565. The van der Waals surface area contributed by atoms with Gasteiger partial charge in [0.25, 0.3) is 0 Å². The van der Waals surface area contributed by atoms with Crippen LogP contribution in [-0.2, 0) is 11.2 Å². The van der Waals surface area contributed by atoms with E-state index in [2.05, 4.69) is 4.99 Å². The lowest BCUT2D eigenvalue weighted by Crippen LogP contribution is -1.69. The first-order chi connectivity index (χ1) is 5.43. The zero-order valence-electron chi connectivity index (χ0n) is 5.86. The molecular formula is C8H7NOS. The van der Waals surface area contributed by atoms with E-state index in [0.717, 1.165) is 6.42 Å². The molecule has 0 aliphatic heterocycles. The zero-order chi connectivity index (χ0) is 7.94. The summed E-state index contributed by atoms with van der Waals surface area (Å²) < 4.78 is 0. The molecule has 0 saturated heterocycles. The van der Waals surface area contributed by atoms with Gasteiger partial charge in [0.2, 0.25) is 6.08 Å². The maximum absolute atomic E-state index is 9.63. The lowest BCUT2D eigenvalue weighted by atomic mass is 10.3. The van der Waals surface area contributed by atoms with Crippen LogP contribution in [0.3, 0.4) is 0 Å². The van der Waals surface area contributed by atoms with Crippen molar-refractivity contribution in [1.29, 1.82) is 0 Å². The number of isocyanates is 1. The average Bonchev–Trinajstić information content (AvgIpc) is 2.50. The van der Waals surface area contributed by atoms with E-state index in [1.54, 1.807) is 11.3 Å². The molecule has 0 aromatic carbocycles. The van der Waals surface area contributed by atoms with Gasteiger partial charge in [-0.05, 0) is 11.4 Å². The lowest BCUT2D eigenvalue weighted by Gasteiger charge is -1.83. The smallest absolute Gasteiger partial charge is 0.211 e. The number of allylic oxidation sites excluding steroid dienone is 1. The van der Waals surface area contributed by atoms with Gasteiger partial charge < -0.3 is 0 Å². The zero-order valence-corrected chi connectivity index (χ0v) is 6.67. The van der Waals surface area contributed by atoms with E-state index in [4.69, 9.17) is 0 Å². The maximum atomic E-state index is 9.63. The van der Waals surface area contributed by atoms with Gasteiger partial charge in [-0.2, -0.15) is 4.99 Å². The number of hydrogen-bond acceptors (Lipinski definition) is 3. The first-order valence-corrected chi connectivity index (χ1v) is 4.06. The normalized spacial score (nSPS) is 9.82. The van der Waals surface area contributed by atoms with Crippen LogP contribution < -0.4 is 0 Å². The summed E-state index contributed by atoms with van der Waals surface area (Å²) >= 11 is 1.69. The summed E-state index contributed by atoms with van der Waals surface area (Å²) in [7, 11) is 0. The van der Waals surface area contributed by atoms with Crippen molar-refractivity contribution in [2.75, 3.05) is 0 Å². The average molecular weight is 165 g/mol. The van der Waals surface area contributed by atoms with Crippen molar-refractivity contribution in [3.05, 3.63) is 34.7 Å². The summed E-state index contributed by atoms with van der Waals surface area (Å²) in [4.78, 5) is 14.2. The van der Waals surface area contributed by atoms with Crippen LogP contribution in [0.5, 0.6) is 0 Å². The molecule has 11 heavy (non-hydrogen) atoms. The quantitative estimate of drug-likeness (QED) is 0.498. The molecule has 0 amide bonds. The molecule has 0 unspecified atom stereocenters. The Labute approximate surface area is 68.9 Å². The molecular weight excluding hydrogens is 158 g/mol. The molecule has 0 aliphatic rings. The van der Waals surface area contributed by atoms with E-state index in [1.165, 1.54) is 17.2 Å². The molecule has 1 aromatic rings. The van der Waals surface area contributed by atoms with Crippen molar-refractivity contribution >= 4 is 17.4 Å². The number of aliphatic imine (C=N–C) groups is 1. The Morgan fingerprint density at radius 1 is 1.73 bits per heavy atom. The van der Waals surface area contributed by atoms with Crippen molar-refractivity contribution in [3.63, 3.8) is 0 Å². The fourth-order valence-electron chi connectivity index (χ4n) is 0.681. The molecule has 0 N–H and O–H groups in total. The Morgan fingerprint density at radius 3 is 3.27 bits per heavy atom. The molecule has 56 valence electrons. The van der Waals surface area contributed by atoms with Gasteiger partial charge in [0.05, 0.1) is 0 Å². The standard InChI is InChI=1S/C8H7NOS/c10-7-9-5-1-3-8-4-2-6-11-8/h1-2,4-6H,3H2/b5-1-. The van der Waals surface area contributed by atoms with Crippen LogP contribution in [0.2, 0.25) is 0 Å². The second-order valence-corrected chi connectivity index (χ2v) is 2.92. The molecule has 0 bridgehead atoms. The molecule has 0 saturated carbocycles. The van der Waals surface area contributed by atoms with E-state index in [-0.39, 0.29) is 0 Å². The van der Waals surface area contributed by atoms with Gasteiger partial charge in [0.1, 0.15) is 0 Å².